The molecule has 1 unspecified atom stereocenters. The highest BCUT2D eigenvalue weighted by molar-refractivity contribution is 5.76. The Bertz CT molecular complexity index is 546. The average molecular weight is 275 g/mol. The van der Waals surface area contributed by atoms with Gasteiger partial charge in [0.2, 0.25) is 0 Å². The third-order valence-corrected chi connectivity index (χ3v) is 3.95. The molecule has 4 nitrogen and oxygen atoms in total. The molecule has 1 heterocycles. The molecule has 0 saturated heterocycles. The topological polar surface area (TPSA) is 41.3 Å². The van der Waals surface area contributed by atoms with Crippen molar-refractivity contribution >= 4 is 11.0 Å². The fourth-order valence-electron chi connectivity index (χ4n) is 2.95. The van der Waals surface area contributed by atoms with E-state index in [0.717, 1.165) is 36.4 Å². The zero-order valence-corrected chi connectivity index (χ0v) is 12.7. The molecule has 1 aromatic carbocycles. The van der Waals surface area contributed by atoms with Gasteiger partial charge in [-0.3, -0.25) is 4.90 Å². The number of nitrogens with zero attached hydrogens (tertiary/aromatic N) is 3. The minimum Gasteiger partial charge on any atom is -0.395 e. The minimum atomic E-state index is 0.141. The van der Waals surface area contributed by atoms with E-state index in [-0.39, 0.29) is 6.61 Å². The van der Waals surface area contributed by atoms with Gasteiger partial charge in [0, 0.05) is 6.54 Å². The van der Waals surface area contributed by atoms with Crippen molar-refractivity contribution in [2.75, 3.05) is 19.7 Å². The summed E-state index contributed by atoms with van der Waals surface area (Å²) < 4.78 is 2.17. The molecule has 0 bridgehead atoms. The Morgan fingerprint density at radius 2 is 1.90 bits per heavy atom. The number of para-hydroxylation sites is 2. The van der Waals surface area contributed by atoms with Crippen LogP contribution in [0.25, 0.3) is 11.0 Å². The van der Waals surface area contributed by atoms with Crippen LogP contribution in [0.1, 0.15) is 39.1 Å². The first-order chi connectivity index (χ1) is 9.76. The molecule has 0 aliphatic heterocycles. The lowest BCUT2D eigenvalue weighted by atomic mass is 10.1. The summed E-state index contributed by atoms with van der Waals surface area (Å²) in [6.07, 6.45) is 1.02. The number of aliphatic hydroxyl groups excluding tert-OH is 1. The Balaban J connectivity index is 2.53. The van der Waals surface area contributed by atoms with Crippen molar-refractivity contribution in [3.8, 4) is 0 Å². The average Bonchev–Trinajstić information content (AvgIpc) is 2.84. The first kappa shape index (κ1) is 15.0. The van der Waals surface area contributed by atoms with Crippen LogP contribution in [0, 0.1) is 0 Å². The van der Waals surface area contributed by atoms with E-state index in [2.05, 4.69) is 36.3 Å². The molecule has 20 heavy (non-hydrogen) atoms. The Hall–Kier alpha value is -1.39. The van der Waals surface area contributed by atoms with Gasteiger partial charge in [0.1, 0.15) is 5.82 Å². The van der Waals surface area contributed by atoms with E-state index < -0.39 is 0 Å². The van der Waals surface area contributed by atoms with Crippen molar-refractivity contribution < 1.29 is 5.11 Å². The van der Waals surface area contributed by atoms with Crippen molar-refractivity contribution in [1.29, 1.82) is 0 Å². The molecule has 0 spiro atoms. The summed E-state index contributed by atoms with van der Waals surface area (Å²) in [5.41, 5.74) is 2.13. The number of benzene rings is 1. The third kappa shape index (κ3) is 2.72. The third-order valence-electron chi connectivity index (χ3n) is 3.95. The van der Waals surface area contributed by atoms with Gasteiger partial charge in [-0.2, -0.15) is 0 Å². The summed E-state index contributed by atoms with van der Waals surface area (Å²) in [6.45, 7) is 9.34. The Labute approximate surface area is 121 Å². The molecule has 0 amide bonds. The quantitative estimate of drug-likeness (QED) is 0.845. The van der Waals surface area contributed by atoms with Crippen molar-refractivity contribution in [1.82, 2.24) is 14.5 Å². The molecule has 0 aliphatic carbocycles. The first-order valence-corrected chi connectivity index (χ1v) is 7.56. The molecule has 1 N–H and O–H groups in total. The number of aromatic nitrogens is 2. The van der Waals surface area contributed by atoms with Crippen molar-refractivity contribution in [3.05, 3.63) is 30.1 Å². The van der Waals surface area contributed by atoms with Crippen LogP contribution < -0.4 is 0 Å². The lowest BCUT2D eigenvalue weighted by molar-refractivity contribution is 0.196. The number of imidazole rings is 1. The van der Waals surface area contributed by atoms with Crippen molar-refractivity contribution in [2.45, 2.75) is 39.8 Å². The van der Waals surface area contributed by atoms with Crippen LogP contribution in [0.15, 0.2) is 24.3 Å². The zero-order valence-electron chi connectivity index (χ0n) is 12.7. The van der Waals surface area contributed by atoms with Crippen LogP contribution in [0.2, 0.25) is 0 Å². The molecule has 1 aromatic heterocycles. The lowest BCUT2D eigenvalue weighted by Crippen LogP contribution is -2.30. The van der Waals surface area contributed by atoms with Gasteiger partial charge >= 0.3 is 0 Å². The second kappa shape index (κ2) is 6.86. The zero-order chi connectivity index (χ0) is 14.5. The smallest absolute Gasteiger partial charge is 0.127 e. The number of rotatable bonds is 7. The van der Waals surface area contributed by atoms with Crippen molar-refractivity contribution in [3.63, 3.8) is 0 Å². The molecule has 0 radical (unpaired) electrons. The van der Waals surface area contributed by atoms with E-state index in [1.54, 1.807) is 0 Å². The van der Waals surface area contributed by atoms with Gasteiger partial charge in [0.15, 0.2) is 0 Å². The molecule has 0 fully saturated rings. The maximum Gasteiger partial charge on any atom is 0.127 e. The second-order valence-corrected chi connectivity index (χ2v) is 4.98. The summed E-state index contributed by atoms with van der Waals surface area (Å²) in [5.74, 6) is 1.08. The molecule has 0 saturated carbocycles. The summed E-state index contributed by atoms with van der Waals surface area (Å²) in [6, 6.07) is 8.47. The standard InChI is InChI=1S/C16H25N3O/c1-4-14(18(5-2)6-3)16-17-13-9-7-8-10-15(13)19(16)11-12-20/h7-10,14,20H,4-6,11-12H2,1-3H3. The SMILES string of the molecule is CCC(c1nc2ccccc2n1CCO)N(CC)CC. The Kier molecular flexibility index (Phi) is 5.15. The second-order valence-electron chi connectivity index (χ2n) is 4.98. The number of hydrogen-bond donors (Lipinski definition) is 1. The van der Waals surface area contributed by atoms with Crippen LogP contribution in [0.3, 0.4) is 0 Å². The van der Waals surface area contributed by atoms with Crippen LogP contribution in [-0.2, 0) is 6.54 Å². The molecule has 4 heteroatoms. The van der Waals surface area contributed by atoms with E-state index in [1.807, 2.05) is 18.2 Å². The summed E-state index contributed by atoms with van der Waals surface area (Å²) >= 11 is 0. The van der Waals surface area contributed by atoms with Gasteiger partial charge in [0.05, 0.1) is 23.7 Å². The van der Waals surface area contributed by atoms with Gasteiger partial charge in [0.25, 0.3) is 0 Å². The van der Waals surface area contributed by atoms with E-state index in [0.29, 0.717) is 12.6 Å². The lowest BCUT2D eigenvalue weighted by Gasteiger charge is -2.28. The molecular formula is C16H25N3O. The molecule has 2 aromatic rings. The predicted molar refractivity (Wildman–Crippen MR) is 82.8 cm³/mol. The highest BCUT2D eigenvalue weighted by Crippen LogP contribution is 2.27. The largest absolute Gasteiger partial charge is 0.395 e. The van der Waals surface area contributed by atoms with Gasteiger partial charge in [-0.1, -0.05) is 32.9 Å². The van der Waals surface area contributed by atoms with Crippen LogP contribution in [0.5, 0.6) is 0 Å². The maximum atomic E-state index is 9.37. The van der Waals surface area contributed by atoms with Gasteiger partial charge in [-0.25, -0.2) is 4.98 Å². The van der Waals surface area contributed by atoms with Crippen molar-refractivity contribution in [2.24, 2.45) is 0 Å². The van der Waals surface area contributed by atoms with E-state index in [4.69, 9.17) is 4.98 Å². The summed E-state index contributed by atoms with van der Waals surface area (Å²) in [7, 11) is 0. The highest BCUT2D eigenvalue weighted by Gasteiger charge is 2.22. The minimum absolute atomic E-state index is 0.141. The maximum absolute atomic E-state index is 9.37. The molecule has 2 rings (SSSR count). The highest BCUT2D eigenvalue weighted by atomic mass is 16.3. The Morgan fingerprint density at radius 3 is 2.50 bits per heavy atom. The first-order valence-electron chi connectivity index (χ1n) is 7.56. The van der Waals surface area contributed by atoms with E-state index in [9.17, 15) is 5.11 Å². The number of hydrogen-bond acceptors (Lipinski definition) is 3. The summed E-state index contributed by atoms with van der Waals surface area (Å²) in [5, 5.41) is 9.37. The van der Waals surface area contributed by atoms with Gasteiger partial charge < -0.3 is 9.67 Å². The van der Waals surface area contributed by atoms with E-state index >= 15 is 0 Å². The van der Waals surface area contributed by atoms with Gasteiger partial charge in [-0.05, 0) is 31.6 Å². The fourth-order valence-corrected chi connectivity index (χ4v) is 2.95. The van der Waals surface area contributed by atoms with Crippen LogP contribution in [-0.4, -0.2) is 39.3 Å². The normalized spacial score (nSPS) is 13.2. The molecule has 110 valence electrons. The predicted octanol–water partition coefficient (Wildman–Crippen LogP) is 2.82. The number of fused-ring (bicyclic) bond motifs is 1. The van der Waals surface area contributed by atoms with Crippen LogP contribution >= 0.6 is 0 Å². The molecule has 1 atom stereocenters. The summed E-state index contributed by atoms with van der Waals surface area (Å²) in [4.78, 5) is 7.26. The van der Waals surface area contributed by atoms with Crippen LogP contribution in [0.4, 0.5) is 0 Å². The molecule has 0 aliphatic rings. The Morgan fingerprint density at radius 1 is 1.20 bits per heavy atom. The fraction of sp³-hybridized carbons (Fsp3) is 0.562. The van der Waals surface area contributed by atoms with Gasteiger partial charge in [-0.15, -0.1) is 0 Å². The molecular weight excluding hydrogens is 250 g/mol. The monoisotopic (exact) mass is 275 g/mol. The number of aliphatic hydroxyl groups is 1. The van der Waals surface area contributed by atoms with E-state index in [1.165, 1.54) is 0 Å².